The largest absolute Gasteiger partial charge is 0.466 e. The quantitative estimate of drug-likeness (QED) is 0.261. The molecule has 0 rings (SSSR count). The van der Waals surface area contributed by atoms with E-state index in [1.807, 2.05) is 0 Å². The van der Waals surface area contributed by atoms with Crippen LogP contribution in [0.5, 0.6) is 0 Å². The Balaban J connectivity index is 0. The van der Waals surface area contributed by atoms with Crippen molar-refractivity contribution in [2.24, 2.45) is 5.73 Å². The molecule has 11 heteroatoms. The van der Waals surface area contributed by atoms with E-state index in [1.165, 1.54) is 6.92 Å². The molecule has 10 nitrogen and oxygen atoms in total. The summed E-state index contributed by atoms with van der Waals surface area (Å²) in [5.41, 5.74) is 4.47. The SMILES string of the molecule is CC(N)=O.CCOC(=O)CCCC(=O)NC(CS)C(=O)NCC(=O)OCC. The summed E-state index contributed by atoms with van der Waals surface area (Å²) in [6, 6.07) is -0.858. The van der Waals surface area contributed by atoms with Gasteiger partial charge >= 0.3 is 11.9 Å². The van der Waals surface area contributed by atoms with E-state index in [-0.39, 0.29) is 49.5 Å². The van der Waals surface area contributed by atoms with Gasteiger partial charge in [-0.3, -0.25) is 24.0 Å². The summed E-state index contributed by atoms with van der Waals surface area (Å²) in [7, 11) is 0. The lowest BCUT2D eigenvalue weighted by molar-refractivity contribution is -0.144. The number of ether oxygens (including phenoxy) is 2. The van der Waals surface area contributed by atoms with Gasteiger partial charge < -0.3 is 25.8 Å². The molecule has 0 heterocycles. The van der Waals surface area contributed by atoms with Gasteiger partial charge in [0.1, 0.15) is 12.6 Å². The standard InChI is InChI=1S/C14H24N2O6S.C2H5NO/c1-3-21-12(18)7-5-6-11(17)16-10(9-23)14(20)15-8-13(19)22-4-2;1-2(3)4/h10,23H,3-9H2,1-2H3,(H,15,20)(H,16,17);1H3,(H2,3,4). The van der Waals surface area contributed by atoms with Crippen LogP contribution in [-0.4, -0.2) is 61.2 Å². The van der Waals surface area contributed by atoms with E-state index >= 15 is 0 Å². The number of hydrogen-bond donors (Lipinski definition) is 4. The molecule has 4 N–H and O–H groups in total. The zero-order valence-electron chi connectivity index (χ0n) is 15.9. The number of amides is 3. The fourth-order valence-corrected chi connectivity index (χ4v) is 1.84. The predicted molar refractivity (Wildman–Crippen MR) is 101 cm³/mol. The Bertz CT molecular complexity index is 496. The van der Waals surface area contributed by atoms with Gasteiger partial charge in [0, 0.05) is 25.5 Å². The second kappa shape index (κ2) is 17.1. The second-order valence-electron chi connectivity index (χ2n) is 5.09. The number of hydrogen-bond acceptors (Lipinski definition) is 8. The van der Waals surface area contributed by atoms with Gasteiger partial charge in [0.25, 0.3) is 0 Å². The third-order valence-corrected chi connectivity index (χ3v) is 3.00. The van der Waals surface area contributed by atoms with Crippen LogP contribution in [0.2, 0.25) is 0 Å². The van der Waals surface area contributed by atoms with Crippen molar-refractivity contribution in [2.45, 2.75) is 46.1 Å². The maximum absolute atomic E-state index is 11.8. The smallest absolute Gasteiger partial charge is 0.325 e. The van der Waals surface area contributed by atoms with Crippen molar-refractivity contribution in [3.05, 3.63) is 0 Å². The summed E-state index contributed by atoms with van der Waals surface area (Å²) >= 11 is 4.00. The van der Waals surface area contributed by atoms with E-state index in [9.17, 15) is 24.0 Å². The number of nitrogens with one attached hydrogen (secondary N) is 2. The molecular weight excluding hydrogens is 378 g/mol. The van der Waals surface area contributed by atoms with Crippen LogP contribution in [0, 0.1) is 0 Å². The molecule has 1 atom stereocenters. The Morgan fingerprint density at radius 3 is 2.00 bits per heavy atom. The highest BCUT2D eigenvalue weighted by molar-refractivity contribution is 7.80. The molecule has 0 bridgehead atoms. The Morgan fingerprint density at radius 1 is 1.00 bits per heavy atom. The van der Waals surface area contributed by atoms with E-state index < -0.39 is 17.9 Å². The summed E-state index contributed by atoms with van der Waals surface area (Å²) in [6.07, 6.45) is 0.560. The molecule has 0 spiro atoms. The van der Waals surface area contributed by atoms with E-state index in [1.54, 1.807) is 13.8 Å². The highest BCUT2D eigenvalue weighted by Gasteiger charge is 2.20. The third kappa shape index (κ3) is 18.3. The molecule has 0 aliphatic rings. The van der Waals surface area contributed by atoms with Crippen LogP contribution in [0.25, 0.3) is 0 Å². The summed E-state index contributed by atoms with van der Waals surface area (Å²) in [6.45, 7) is 4.93. The van der Waals surface area contributed by atoms with Gasteiger partial charge in [-0.05, 0) is 20.3 Å². The molecule has 0 aliphatic carbocycles. The number of thiol groups is 1. The van der Waals surface area contributed by atoms with Crippen LogP contribution in [-0.2, 0) is 33.4 Å². The van der Waals surface area contributed by atoms with Gasteiger partial charge in [-0.1, -0.05) is 0 Å². The Morgan fingerprint density at radius 2 is 1.52 bits per heavy atom. The fourth-order valence-electron chi connectivity index (χ4n) is 1.58. The highest BCUT2D eigenvalue weighted by Crippen LogP contribution is 1.99. The Labute approximate surface area is 164 Å². The van der Waals surface area contributed by atoms with Gasteiger partial charge in [0.2, 0.25) is 17.7 Å². The number of carbonyl (C=O) groups excluding carboxylic acids is 5. The van der Waals surface area contributed by atoms with E-state index in [0.29, 0.717) is 13.0 Å². The van der Waals surface area contributed by atoms with Gasteiger partial charge in [-0.2, -0.15) is 12.6 Å². The molecule has 156 valence electrons. The van der Waals surface area contributed by atoms with Crippen molar-refractivity contribution in [3.63, 3.8) is 0 Å². The number of nitrogens with two attached hydrogens (primary N) is 1. The van der Waals surface area contributed by atoms with Crippen molar-refractivity contribution in [3.8, 4) is 0 Å². The number of esters is 2. The van der Waals surface area contributed by atoms with Gasteiger partial charge in [-0.25, -0.2) is 0 Å². The molecule has 0 aromatic rings. The molecule has 0 saturated heterocycles. The lowest BCUT2D eigenvalue weighted by atomic mass is 10.2. The monoisotopic (exact) mass is 407 g/mol. The summed E-state index contributed by atoms with van der Waals surface area (Å²) in [4.78, 5) is 55.1. The molecule has 0 radical (unpaired) electrons. The minimum atomic E-state index is -0.858. The molecule has 27 heavy (non-hydrogen) atoms. The van der Waals surface area contributed by atoms with Crippen LogP contribution in [0.4, 0.5) is 0 Å². The molecule has 0 aromatic heterocycles. The summed E-state index contributed by atoms with van der Waals surface area (Å²) < 4.78 is 9.43. The van der Waals surface area contributed by atoms with Crippen LogP contribution in [0.1, 0.15) is 40.0 Å². The number of carbonyl (C=O) groups is 5. The summed E-state index contributed by atoms with van der Waals surface area (Å²) in [5, 5.41) is 4.86. The van der Waals surface area contributed by atoms with Crippen LogP contribution in [0.3, 0.4) is 0 Å². The van der Waals surface area contributed by atoms with Gasteiger partial charge in [-0.15, -0.1) is 0 Å². The molecule has 3 amide bonds. The van der Waals surface area contributed by atoms with Gasteiger partial charge in [0.05, 0.1) is 13.2 Å². The van der Waals surface area contributed by atoms with Gasteiger partial charge in [0.15, 0.2) is 0 Å². The summed E-state index contributed by atoms with van der Waals surface area (Å²) in [5.74, 6) is -2.07. The van der Waals surface area contributed by atoms with Crippen LogP contribution >= 0.6 is 12.6 Å². The normalized spacial score (nSPS) is 10.5. The van der Waals surface area contributed by atoms with Crippen molar-refractivity contribution in [1.29, 1.82) is 0 Å². The molecular formula is C16H29N3O7S. The third-order valence-electron chi connectivity index (χ3n) is 2.64. The predicted octanol–water partition coefficient (Wildman–Crippen LogP) is -0.695. The maximum Gasteiger partial charge on any atom is 0.325 e. The van der Waals surface area contributed by atoms with Crippen molar-refractivity contribution < 1.29 is 33.4 Å². The molecule has 0 aliphatic heterocycles. The lowest BCUT2D eigenvalue weighted by Gasteiger charge is -2.16. The average molecular weight is 407 g/mol. The first-order valence-electron chi connectivity index (χ1n) is 8.43. The topological polar surface area (TPSA) is 154 Å². The minimum absolute atomic E-state index is 0.0816. The Kier molecular flexibility index (Phi) is 17.1. The lowest BCUT2D eigenvalue weighted by Crippen LogP contribution is -2.49. The minimum Gasteiger partial charge on any atom is -0.466 e. The number of rotatable bonds is 11. The first-order chi connectivity index (χ1) is 12.7. The van der Waals surface area contributed by atoms with E-state index in [4.69, 9.17) is 4.74 Å². The fraction of sp³-hybridized carbons (Fsp3) is 0.688. The average Bonchev–Trinajstić information content (AvgIpc) is 2.57. The molecule has 1 unspecified atom stereocenters. The molecule has 0 aromatic carbocycles. The van der Waals surface area contributed by atoms with Crippen LogP contribution in [0.15, 0.2) is 0 Å². The van der Waals surface area contributed by atoms with Crippen LogP contribution < -0.4 is 16.4 Å². The zero-order valence-corrected chi connectivity index (χ0v) is 16.8. The molecule has 0 saturated carbocycles. The zero-order chi connectivity index (χ0) is 21.2. The van der Waals surface area contributed by atoms with E-state index in [2.05, 4.69) is 33.7 Å². The number of primary amides is 1. The highest BCUT2D eigenvalue weighted by atomic mass is 32.1. The maximum atomic E-state index is 11.8. The van der Waals surface area contributed by atoms with E-state index in [0.717, 1.165) is 0 Å². The second-order valence-corrected chi connectivity index (χ2v) is 5.46. The van der Waals surface area contributed by atoms with Crippen molar-refractivity contribution in [2.75, 3.05) is 25.5 Å². The Hall–Kier alpha value is -2.30. The van der Waals surface area contributed by atoms with Crippen molar-refractivity contribution >= 4 is 42.3 Å². The first kappa shape index (κ1) is 26.9. The first-order valence-corrected chi connectivity index (χ1v) is 9.06. The molecule has 0 fully saturated rings. The van der Waals surface area contributed by atoms with Crippen molar-refractivity contribution in [1.82, 2.24) is 10.6 Å².